The maximum Gasteiger partial charge on any atom is 0.238 e. The lowest BCUT2D eigenvalue weighted by Crippen LogP contribution is -2.37. The molecule has 1 saturated heterocycles. The molecule has 0 saturated carbocycles. The van der Waals surface area contributed by atoms with Crippen LogP contribution in [0.3, 0.4) is 0 Å². The largest absolute Gasteiger partial charge is 0.319 e. The van der Waals surface area contributed by atoms with Gasteiger partial charge in [0, 0.05) is 6.04 Å². The van der Waals surface area contributed by atoms with Crippen molar-refractivity contribution in [2.24, 2.45) is 0 Å². The van der Waals surface area contributed by atoms with Crippen molar-refractivity contribution in [1.29, 1.82) is 0 Å². The number of hydrogen-bond acceptors (Lipinski definition) is 2. The van der Waals surface area contributed by atoms with Crippen molar-refractivity contribution in [2.75, 3.05) is 6.54 Å². The minimum Gasteiger partial charge on any atom is -0.319 e. The summed E-state index contributed by atoms with van der Waals surface area (Å²) in [5, 5.41) is 3.34. The fraction of sp³-hybridized carbons (Fsp3) is 0.588. The zero-order valence-electron chi connectivity index (χ0n) is 12.9. The summed E-state index contributed by atoms with van der Waals surface area (Å²) in [4.78, 5) is 14.2. The van der Waals surface area contributed by atoms with Gasteiger partial charge in [-0.25, -0.2) is 0 Å². The summed E-state index contributed by atoms with van der Waals surface area (Å²) in [6.07, 6.45) is 4.79. The van der Waals surface area contributed by atoms with Crippen LogP contribution in [0.1, 0.15) is 56.8 Å². The summed E-state index contributed by atoms with van der Waals surface area (Å²) in [6.45, 7) is 6.92. The number of unbranched alkanes of at least 4 members (excludes halogenated alkanes) is 2. The van der Waals surface area contributed by atoms with Crippen molar-refractivity contribution in [3.05, 3.63) is 35.4 Å². The molecule has 1 amide bonds. The molecule has 3 heteroatoms. The Morgan fingerprint density at radius 3 is 2.65 bits per heavy atom. The van der Waals surface area contributed by atoms with Crippen molar-refractivity contribution in [3.63, 3.8) is 0 Å². The molecule has 1 N–H and O–H groups in total. The van der Waals surface area contributed by atoms with E-state index >= 15 is 0 Å². The summed E-state index contributed by atoms with van der Waals surface area (Å²) >= 11 is 0. The Morgan fingerprint density at radius 2 is 2.00 bits per heavy atom. The molecule has 1 aromatic rings. The van der Waals surface area contributed by atoms with Crippen molar-refractivity contribution in [3.8, 4) is 0 Å². The van der Waals surface area contributed by atoms with Gasteiger partial charge in [0.25, 0.3) is 0 Å². The van der Waals surface area contributed by atoms with E-state index in [9.17, 15) is 4.79 Å². The molecule has 0 bridgehead atoms. The molecule has 0 radical (unpaired) electrons. The van der Waals surface area contributed by atoms with E-state index in [1.165, 1.54) is 30.4 Å². The van der Waals surface area contributed by atoms with E-state index in [1.807, 2.05) is 4.90 Å². The van der Waals surface area contributed by atoms with Crippen LogP contribution in [-0.2, 0) is 4.79 Å². The third-order valence-electron chi connectivity index (χ3n) is 4.11. The molecular formula is C17H26N2O. The Bertz CT molecular complexity index is 441. The number of amides is 1. The minimum absolute atomic E-state index is 0.0414. The standard InChI is InChI=1S/C17H26N2O/c1-4-5-6-7-14(3)19-16(20)12-18-17(19)15-10-8-13(2)9-11-15/h8-11,14,17-18H,4-7,12H2,1-3H3. The van der Waals surface area contributed by atoms with E-state index in [1.54, 1.807) is 0 Å². The number of aryl methyl sites for hydroxylation is 1. The zero-order valence-corrected chi connectivity index (χ0v) is 12.9. The van der Waals surface area contributed by atoms with Gasteiger partial charge in [0.2, 0.25) is 5.91 Å². The third kappa shape index (κ3) is 3.40. The third-order valence-corrected chi connectivity index (χ3v) is 4.11. The first-order chi connectivity index (χ1) is 9.63. The number of benzene rings is 1. The summed E-state index contributed by atoms with van der Waals surface area (Å²) in [7, 11) is 0. The van der Waals surface area contributed by atoms with Crippen LogP contribution in [0, 0.1) is 6.92 Å². The molecule has 1 heterocycles. The number of carbonyl (C=O) groups is 1. The highest BCUT2D eigenvalue weighted by Crippen LogP contribution is 2.26. The first kappa shape index (κ1) is 15.0. The van der Waals surface area contributed by atoms with E-state index in [4.69, 9.17) is 0 Å². The first-order valence-electron chi connectivity index (χ1n) is 7.74. The van der Waals surface area contributed by atoms with E-state index in [-0.39, 0.29) is 12.1 Å². The molecule has 0 spiro atoms. The predicted octanol–water partition coefficient (Wildman–Crippen LogP) is 3.39. The maximum atomic E-state index is 12.2. The second-order valence-corrected chi connectivity index (χ2v) is 5.84. The summed E-state index contributed by atoms with van der Waals surface area (Å²) < 4.78 is 0. The lowest BCUT2D eigenvalue weighted by Gasteiger charge is -2.31. The van der Waals surface area contributed by atoms with Crippen LogP contribution in [0.5, 0.6) is 0 Å². The summed E-state index contributed by atoms with van der Waals surface area (Å²) in [5.41, 5.74) is 2.43. The van der Waals surface area contributed by atoms with Gasteiger partial charge in [-0.3, -0.25) is 10.1 Å². The maximum absolute atomic E-state index is 12.2. The highest BCUT2D eigenvalue weighted by molar-refractivity contribution is 5.81. The Morgan fingerprint density at radius 1 is 1.30 bits per heavy atom. The lowest BCUT2D eigenvalue weighted by molar-refractivity contribution is -0.130. The molecule has 20 heavy (non-hydrogen) atoms. The van der Waals surface area contributed by atoms with Gasteiger partial charge in [0.05, 0.1) is 6.54 Å². The molecule has 0 aromatic heterocycles. The van der Waals surface area contributed by atoms with Gasteiger partial charge in [-0.05, 0) is 25.8 Å². The van der Waals surface area contributed by atoms with Gasteiger partial charge in [-0.2, -0.15) is 0 Å². The molecule has 0 aliphatic carbocycles. The molecular weight excluding hydrogens is 248 g/mol. The number of carbonyl (C=O) groups excluding carboxylic acids is 1. The number of nitrogens with one attached hydrogen (secondary N) is 1. The molecule has 110 valence electrons. The van der Waals surface area contributed by atoms with Crippen molar-refractivity contribution in [1.82, 2.24) is 10.2 Å². The van der Waals surface area contributed by atoms with E-state index in [2.05, 4.69) is 50.4 Å². The lowest BCUT2D eigenvalue weighted by atomic mass is 10.1. The van der Waals surface area contributed by atoms with Crippen molar-refractivity contribution < 1.29 is 4.79 Å². The van der Waals surface area contributed by atoms with Crippen LogP contribution in [0.15, 0.2) is 24.3 Å². The van der Waals surface area contributed by atoms with E-state index < -0.39 is 0 Å². The molecule has 3 nitrogen and oxygen atoms in total. The summed E-state index contributed by atoms with van der Waals surface area (Å²) in [6, 6.07) is 8.77. The monoisotopic (exact) mass is 274 g/mol. The van der Waals surface area contributed by atoms with E-state index in [0.717, 1.165) is 6.42 Å². The smallest absolute Gasteiger partial charge is 0.238 e. The van der Waals surface area contributed by atoms with Gasteiger partial charge < -0.3 is 4.90 Å². The normalized spacial score (nSPS) is 20.4. The Labute approximate surface area is 122 Å². The molecule has 1 aliphatic rings. The fourth-order valence-corrected chi connectivity index (χ4v) is 2.87. The molecule has 2 rings (SSSR count). The molecule has 1 fully saturated rings. The van der Waals surface area contributed by atoms with Crippen LogP contribution in [-0.4, -0.2) is 23.4 Å². The Balaban J connectivity index is 2.07. The highest BCUT2D eigenvalue weighted by atomic mass is 16.2. The summed E-state index contributed by atoms with van der Waals surface area (Å²) in [5.74, 6) is 0.222. The molecule has 2 atom stereocenters. The van der Waals surface area contributed by atoms with Gasteiger partial charge >= 0.3 is 0 Å². The van der Waals surface area contributed by atoms with Crippen LogP contribution in [0.4, 0.5) is 0 Å². The average Bonchev–Trinajstić information content (AvgIpc) is 2.82. The predicted molar refractivity (Wildman–Crippen MR) is 82.4 cm³/mol. The van der Waals surface area contributed by atoms with Crippen molar-refractivity contribution >= 4 is 5.91 Å². The SMILES string of the molecule is CCCCCC(C)N1C(=O)CNC1c1ccc(C)cc1. The fourth-order valence-electron chi connectivity index (χ4n) is 2.87. The van der Waals surface area contributed by atoms with Gasteiger partial charge in [0.1, 0.15) is 6.17 Å². The number of rotatable bonds is 6. The van der Waals surface area contributed by atoms with Gasteiger partial charge in [0.15, 0.2) is 0 Å². The van der Waals surface area contributed by atoms with Crippen LogP contribution in [0.2, 0.25) is 0 Å². The Hall–Kier alpha value is -1.35. The van der Waals surface area contributed by atoms with Crippen LogP contribution >= 0.6 is 0 Å². The highest BCUT2D eigenvalue weighted by Gasteiger charge is 2.34. The minimum atomic E-state index is 0.0414. The van der Waals surface area contributed by atoms with Crippen molar-refractivity contribution in [2.45, 2.75) is 58.7 Å². The molecule has 1 aromatic carbocycles. The van der Waals surface area contributed by atoms with E-state index in [0.29, 0.717) is 12.6 Å². The second kappa shape index (κ2) is 6.89. The number of nitrogens with zero attached hydrogens (tertiary/aromatic N) is 1. The van der Waals surface area contributed by atoms with Crippen LogP contribution < -0.4 is 5.32 Å². The molecule has 2 unspecified atom stereocenters. The average molecular weight is 274 g/mol. The first-order valence-corrected chi connectivity index (χ1v) is 7.74. The second-order valence-electron chi connectivity index (χ2n) is 5.84. The Kier molecular flexibility index (Phi) is 5.18. The zero-order chi connectivity index (χ0) is 14.5. The van der Waals surface area contributed by atoms with Crippen LogP contribution in [0.25, 0.3) is 0 Å². The molecule has 1 aliphatic heterocycles. The van der Waals surface area contributed by atoms with Gasteiger partial charge in [-0.15, -0.1) is 0 Å². The van der Waals surface area contributed by atoms with Gasteiger partial charge in [-0.1, -0.05) is 56.0 Å². The number of hydrogen-bond donors (Lipinski definition) is 1. The quantitative estimate of drug-likeness (QED) is 0.806. The topological polar surface area (TPSA) is 32.3 Å².